The lowest BCUT2D eigenvalue weighted by atomic mass is 10.3. The van der Waals surface area contributed by atoms with Gasteiger partial charge >= 0.3 is 0 Å². The van der Waals surface area contributed by atoms with Gasteiger partial charge in [-0.25, -0.2) is 9.97 Å². The summed E-state index contributed by atoms with van der Waals surface area (Å²) in [6.45, 7) is 0.174. The molecule has 1 N–H and O–H groups in total. The molecule has 0 aromatic carbocycles. The Morgan fingerprint density at radius 1 is 1.35 bits per heavy atom. The highest BCUT2D eigenvalue weighted by Gasteiger charge is 2.58. The fraction of sp³-hybridized carbons (Fsp3) is 0.385. The number of imide groups is 1. The number of nitrogens with one attached hydrogen (secondary N) is 1. The third-order valence-electron chi connectivity index (χ3n) is 3.86. The van der Waals surface area contributed by atoms with Crippen molar-refractivity contribution in [1.29, 1.82) is 0 Å². The predicted molar refractivity (Wildman–Crippen MR) is 74.1 cm³/mol. The normalized spacial score (nSPS) is 24.4. The zero-order valence-electron chi connectivity index (χ0n) is 10.8. The molecule has 2 aromatic heterocycles. The Kier molecular flexibility index (Phi) is 2.35. The van der Waals surface area contributed by atoms with Crippen molar-refractivity contribution < 1.29 is 9.59 Å². The molecule has 6 nitrogen and oxygen atoms in total. The topological polar surface area (TPSA) is 75.2 Å². The van der Waals surface area contributed by atoms with Gasteiger partial charge in [0.05, 0.1) is 23.8 Å². The molecule has 1 saturated carbocycles. The maximum absolute atomic E-state index is 12.0. The van der Waals surface area contributed by atoms with Crippen LogP contribution >= 0.6 is 11.3 Å². The number of anilines is 1. The van der Waals surface area contributed by atoms with E-state index in [0.29, 0.717) is 5.82 Å². The van der Waals surface area contributed by atoms with Crippen LogP contribution < -0.4 is 5.32 Å². The first-order valence-electron chi connectivity index (χ1n) is 6.46. The molecule has 2 aromatic rings. The van der Waals surface area contributed by atoms with Gasteiger partial charge in [-0.1, -0.05) is 0 Å². The van der Waals surface area contributed by atoms with Crippen molar-refractivity contribution in [3.05, 3.63) is 17.3 Å². The Morgan fingerprint density at radius 3 is 2.80 bits per heavy atom. The maximum atomic E-state index is 12.0. The fourth-order valence-corrected chi connectivity index (χ4v) is 3.49. The van der Waals surface area contributed by atoms with Crippen LogP contribution in [0.15, 0.2) is 11.4 Å². The first kappa shape index (κ1) is 11.8. The van der Waals surface area contributed by atoms with E-state index >= 15 is 0 Å². The molecule has 2 atom stereocenters. The summed E-state index contributed by atoms with van der Waals surface area (Å²) in [5.41, 5.74) is 0. The monoisotopic (exact) mass is 288 g/mol. The third kappa shape index (κ3) is 1.56. The molecular weight excluding hydrogens is 276 g/mol. The van der Waals surface area contributed by atoms with Crippen LogP contribution in [0.3, 0.4) is 0 Å². The Labute approximate surface area is 118 Å². The van der Waals surface area contributed by atoms with Gasteiger partial charge in [-0.2, -0.15) is 0 Å². The van der Waals surface area contributed by atoms with E-state index in [4.69, 9.17) is 0 Å². The van der Waals surface area contributed by atoms with Crippen LogP contribution in [-0.4, -0.2) is 33.7 Å². The summed E-state index contributed by atoms with van der Waals surface area (Å²) in [5.74, 6) is 0.957. The summed E-state index contributed by atoms with van der Waals surface area (Å²) in [5, 5.41) is 5.94. The van der Waals surface area contributed by atoms with E-state index in [-0.39, 0.29) is 30.2 Å². The number of nitrogens with zero attached hydrogens (tertiary/aromatic N) is 3. The van der Waals surface area contributed by atoms with Gasteiger partial charge in [-0.05, 0) is 17.9 Å². The van der Waals surface area contributed by atoms with Crippen molar-refractivity contribution in [2.24, 2.45) is 11.8 Å². The summed E-state index contributed by atoms with van der Waals surface area (Å²) >= 11 is 1.52. The number of carbonyl (C=O) groups is 2. The third-order valence-corrected chi connectivity index (χ3v) is 4.67. The molecule has 0 radical (unpaired) electrons. The van der Waals surface area contributed by atoms with Gasteiger partial charge < -0.3 is 5.32 Å². The summed E-state index contributed by atoms with van der Waals surface area (Å²) < 4.78 is 0. The molecule has 1 aliphatic heterocycles. The molecule has 0 spiro atoms. The van der Waals surface area contributed by atoms with E-state index < -0.39 is 0 Å². The average Bonchev–Trinajstić information content (AvgIpc) is 3.05. The number of piperidine rings is 1. The van der Waals surface area contributed by atoms with Crippen LogP contribution in [0.4, 0.5) is 5.82 Å². The molecule has 2 amide bonds. The van der Waals surface area contributed by atoms with Gasteiger partial charge in [0, 0.05) is 7.05 Å². The maximum Gasteiger partial charge on any atom is 0.233 e. The highest BCUT2D eigenvalue weighted by molar-refractivity contribution is 7.16. The highest BCUT2D eigenvalue weighted by Crippen LogP contribution is 2.47. The summed E-state index contributed by atoms with van der Waals surface area (Å²) in [4.78, 5) is 34.9. The van der Waals surface area contributed by atoms with Crippen LogP contribution in [0.25, 0.3) is 10.2 Å². The van der Waals surface area contributed by atoms with Crippen LogP contribution in [0.5, 0.6) is 0 Å². The Hall–Kier alpha value is -2.02. The van der Waals surface area contributed by atoms with E-state index in [1.165, 1.54) is 16.2 Å². The second-order valence-electron chi connectivity index (χ2n) is 5.09. The predicted octanol–water partition coefficient (Wildman–Crippen LogP) is 1.24. The average molecular weight is 288 g/mol. The van der Waals surface area contributed by atoms with Crippen LogP contribution in [0.2, 0.25) is 0 Å². The van der Waals surface area contributed by atoms with Gasteiger partial charge in [0.15, 0.2) is 5.82 Å². The lowest BCUT2D eigenvalue weighted by Gasteiger charge is -2.15. The summed E-state index contributed by atoms with van der Waals surface area (Å²) in [6.07, 6.45) is 0.723. The first-order valence-corrected chi connectivity index (χ1v) is 7.34. The second kappa shape index (κ2) is 3.99. The molecule has 0 bridgehead atoms. The second-order valence-corrected chi connectivity index (χ2v) is 5.98. The van der Waals surface area contributed by atoms with Gasteiger partial charge in [-0.3, -0.25) is 14.5 Å². The van der Waals surface area contributed by atoms with Crippen molar-refractivity contribution in [2.75, 3.05) is 12.4 Å². The molecule has 4 rings (SSSR count). The minimum Gasteiger partial charge on any atom is -0.372 e. The first-order chi connectivity index (χ1) is 9.69. The largest absolute Gasteiger partial charge is 0.372 e. The van der Waals surface area contributed by atoms with Crippen LogP contribution in [0.1, 0.15) is 12.2 Å². The number of hydrogen-bond donors (Lipinski definition) is 1. The number of carbonyl (C=O) groups excluding carboxylic acids is 2. The lowest BCUT2D eigenvalue weighted by molar-refractivity contribution is -0.142. The smallest absolute Gasteiger partial charge is 0.233 e. The Morgan fingerprint density at radius 2 is 2.10 bits per heavy atom. The number of rotatable bonds is 3. The van der Waals surface area contributed by atoms with Crippen molar-refractivity contribution in [2.45, 2.75) is 13.0 Å². The SMILES string of the molecule is CNc1nc(CN2C(=O)C3CC3C2=O)nc2sccc12. The number of likely N-dealkylation sites (tertiary alicyclic amines) is 1. The summed E-state index contributed by atoms with van der Waals surface area (Å²) in [6, 6.07) is 1.96. The number of hydrogen-bond acceptors (Lipinski definition) is 6. The zero-order valence-corrected chi connectivity index (χ0v) is 11.6. The van der Waals surface area contributed by atoms with Crippen LogP contribution in [-0.2, 0) is 16.1 Å². The molecule has 7 heteroatoms. The van der Waals surface area contributed by atoms with Gasteiger partial charge in [0.1, 0.15) is 10.6 Å². The Balaban J connectivity index is 1.69. The van der Waals surface area contributed by atoms with E-state index in [9.17, 15) is 9.59 Å². The molecule has 1 aliphatic carbocycles. The molecule has 3 heterocycles. The number of amides is 2. The van der Waals surface area contributed by atoms with Gasteiger partial charge in [-0.15, -0.1) is 11.3 Å². The zero-order chi connectivity index (χ0) is 13.9. The highest BCUT2D eigenvalue weighted by atomic mass is 32.1. The quantitative estimate of drug-likeness (QED) is 0.860. The minimum absolute atomic E-state index is 0.0686. The fourth-order valence-electron chi connectivity index (χ4n) is 2.71. The Bertz CT molecular complexity index is 721. The molecule has 20 heavy (non-hydrogen) atoms. The number of aromatic nitrogens is 2. The van der Waals surface area contributed by atoms with Gasteiger partial charge in [0.25, 0.3) is 0 Å². The molecule has 2 unspecified atom stereocenters. The van der Waals surface area contributed by atoms with Crippen molar-refractivity contribution >= 4 is 39.2 Å². The summed E-state index contributed by atoms with van der Waals surface area (Å²) in [7, 11) is 1.80. The van der Waals surface area contributed by atoms with E-state index in [0.717, 1.165) is 22.5 Å². The van der Waals surface area contributed by atoms with Crippen molar-refractivity contribution in [1.82, 2.24) is 14.9 Å². The lowest BCUT2D eigenvalue weighted by Crippen LogP contribution is -2.33. The van der Waals surface area contributed by atoms with E-state index in [2.05, 4.69) is 15.3 Å². The molecular formula is C13H12N4O2S. The minimum atomic E-state index is -0.0725. The molecule has 2 aliphatic rings. The van der Waals surface area contributed by atoms with Crippen LogP contribution in [0, 0.1) is 11.8 Å². The molecule has 2 fully saturated rings. The standard InChI is InChI=1S/C13H12N4O2S/c1-14-10-6-2-3-20-11(6)16-9(15-10)5-17-12(18)7-4-8(7)13(17)19/h2-3,7-8H,4-5H2,1H3,(H,14,15,16). The number of fused-ring (bicyclic) bond motifs is 2. The number of thiophene rings is 1. The van der Waals surface area contributed by atoms with Gasteiger partial charge in [0.2, 0.25) is 11.8 Å². The van der Waals surface area contributed by atoms with E-state index in [1.807, 2.05) is 11.4 Å². The van der Waals surface area contributed by atoms with Crippen molar-refractivity contribution in [3.63, 3.8) is 0 Å². The van der Waals surface area contributed by atoms with E-state index in [1.54, 1.807) is 7.05 Å². The molecule has 102 valence electrons. The van der Waals surface area contributed by atoms with Crippen molar-refractivity contribution in [3.8, 4) is 0 Å². The molecule has 1 saturated heterocycles.